The summed E-state index contributed by atoms with van der Waals surface area (Å²) in [6.45, 7) is 0. The van der Waals surface area contributed by atoms with Gasteiger partial charge in [0.15, 0.2) is 17.3 Å². The first-order chi connectivity index (χ1) is 9.40. The second-order valence-electron chi connectivity index (χ2n) is 3.92. The molecule has 8 heteroatoms. The summed E-state index contributed by atoms with van der Waals surface area (Å²) in [5.74, 6) is -4.26. The molecule has 0 radical (unpaired) electrons. The Kier molecular flexibility index (Phi) is 3.47. The molecule has 0 saturated carbocycles. The summed E-state index contributed by atoms with van der Waals surface area (Å²) >= 11 is 0. The first-order valence-corrected chi connectivity index (χ1v) is 5.42. The van der Waals surface area contributed by atoms with Gasteiger partial charge in [-0.1, -0.05) is 0 Å². The molecule has 1 amide bonds. The molecule has 1 aromatic heterocycles. The lowest BCUT2D eigenvalue weighted by molar-refractivity contribution is 0.0680. The van der Waals surface area contributed by atoms with Gasteiger partial charge in [-0.2, -0.15) is 5.10 Å². The number of aromatic nitrogens is 2. The lowest BCUT2D eigenvalue weighted by atomic mass is 10.2. The molecule has 2 rings (SSSR count). The van der Waals surface area contributed by atoms with Crippen molar-refractivity contribution < 1.29 is 23.5 Å². The van der Waals surface area contributed by atoms with Crippen molar-refractivity contribution >= 4 is 17.6 Å². The van der Waals surface area contributed by atoms with Crippen LogP contribution in [0, 0.1) is 11.6 Å². The molecule has 0 fully saturated rings. The van der Waals surface area contributed by atoms with Crippen molar-refractivity contribution in [1.82, 2.24) is 9.78 Å². The Bertz CT molecular complexity index is 697. The van der Waals surface area contributed by atoms with Crippen LogP contribution in [-0.4, -0.2) is 26.8 Å². The number of carbonyl (C=O) groups excluding carboxylic acids is 1. The van der Waals surface area contributed by atoms with Gasteiger partial charge in [-0.15, -0.1) is 0 Å². The monoisotopic (exact) mass is 281 g/mol. The van der Waals surface area contributed by atoms with Crippen LogP contribution < -0.4 is 5.32 Å². The molecular formula is C12H9F2N3O3. The van der Waals surface area contributed by atoms with E-state index in [1.807, 2.05) is 0 Å². The van der Waals surface area contributed by atoms with Crippen molar-refractivity contribution in [2.75, 3.05) is 5.32 Å². The van der Waals surface area contributed by atoms with Crippen molar-refractivity contribution in [2.45, 2.75) is 0 Å². The minimum absolute atomic E-state index is 0.00842. The van der Waals surface area contributed by atoms with Crippen LogP contribution in [0.3, 0.4) is 0 Å². The van der Waals surface area contributed by atoms with E-state index in [0.29, 0.717) is 0 Å². The molecule has 6 nitrogen and oxygen atoms in total. The zero-order valence-electron chi connectivity index (χ0n) is 10.2. The van der Waals surface area contributed by atoms with E-state index in [0.717, 1.165) is 29.1 Å². The molecule has 0 aliphatic carbocycles. The van der Waals surface area contributed by atoms with E-state index >= 15 is 0 Å². The number of halogens is 2. The number of benzene rings is 1. The smallest absolute Gasteiger partial charge is 0.354 e. The summed E-state index contributed by atoms with van der Waals surface area (Å²) in [6, 6.07) is 2.81. The summed E-state index contributed by atoms with van der Waals surface area (Å²) in [5, 5.41) is 14.9. The average molecular weight is 281 g/mol. The van der Waals surface area contributed by atoms with Gasteiger partial charge in [-0.3, -0.25) is 9.48 Å². The quantitative estimate of drug-likeness (QED) is 0.896. The zero-order chi connectivity index (χ0) is 14.9. The molecule has 0 aliphatic heterocycles. The van der Waals surface area contributed by atoms with Gasteiger partial charge in [0.2, 0.25) is 0 Å². The van der Waals surface area contributed by atoms with Gasteiger partial charge in [0.05, 0.1) is 11.8 Å². The maximum atomic E-state index is 13.0. The van der Waals surface area contributed by atoms with E-state index in [-0.39, 0.29) is 16.9 Å². The van der Waals surface area contributed by atoms with Gasteiger partial charge in [0.1, 0.15) is 0 Å². The number of carboxylic acids is 1. The number of rotatable bonds is 3. The number of nitrogens with one attached hydrogen (secondary N) is 1. The Morgan fingerprint density at radius 3 is 2.60 bits per heavy atom. The molecule has 2 N–H and O–H groups in total. The maximum Gasteiger partial charge on any atom is 0.354 e. The van der Waals surface area contributed by atoms with Crippen molar-refractivity contribution in [2.24, 2.45) is 7.05 Å². The van der Waals surface area contributed by atoms with Crippen LogP contribution in [0.25, 0.3) is 0 Å². The van der Waals surface area contributed by atoms with E-state index in [4.69, 9.17) is 5.11 Å². The number of hydrogen-bond acceptors (Lipinski definition) is 3. The summed E-state index contributed by atoms with van der Waals surface area (Å²) in [4.78, 5) is 22.9. The molecule has 1 aromatic carbocycles. The van der Waals surface area contributed by atoms with E-state index in [1.165, 1.54) is 7.05 Å². The largest absolute Gasteiger partial charge is 0.477 e. The SMILES string of the molecule is Cn1ncc(C(=O)Nc2ccc(F)c(F)c2)c1C(=O)O. The molecule has 0 unspecified atom stereocenters. The topological polar surface area (TPSA) is 84.2 Å². The maximum absolute atomic E-state index is 13.0. The van der Waals surface area contributed by atoms with Crippen LogP contribution in [0.5, 0.6) is 0 Å². The predicted molar refractivity (Wildman–Crippen MR) is 64.5 cm³/mol. The first kappa shape index (κ1) is 13.7. The highest BCUT2D eigenvalue weighted by molar-refractivity contribution is 6.09. The molecule has 0 saturated heterocycles. The fraction of sp³-hybridized carbons (Fsp3) is 0.0833. The molecular weight excluding hydrogens is 272 g/mol. The Balaban J connectivity index is 2.28. The van der Waals surface area contributed by atoms with Crippen molar-refractivity contribution in [3.05, 3.63) is 47.3 Å². The Hall–Kier alpha value is -2.77. The fourth-order valence-corrected chi connectivity index (χ4v) is 1.63. The predicted octanol–water partition coefficient (Wildman–Crippen LogP) is 1.65. The number of amides is 1. The zero-order valence-corrected chi connectivity index (χ0v) is 10.2. The van der Waals surface area contributed by atoms with E-state index < -0.39 is 23.5 Å². The number of nitrogens with zero attached hydrogens (tertiary/aromatic N) is 2. The van der Waals surface area contributed by atoms with Gasteiger partial charge in [0.25, 0.3) is 5.91 Å². The Labute approximate surface area is 111 Å². The number of hydrogen-bond donors (Lipinski definition) is 2. The van der Waals surface area contributed by atoms with E-state index in [2.05, 4.69) is 10.4 Å². The van der Waals surface area contributed by atoms with Crippen LogP contribution in [0.4, 0.5) is 14.5 Å². The van der Waals surface area contributed by atoms with Gasteiger partial charge in [-0.05, 0) is 12.1 Å². The molecule has 0 aliphatic rings. The molecule has 20 heavy (non-hydrogen) atoms. The highest BCUT2D eigenvalue weighted by Gasteiger charge is 2.21. The van der Waals surface area contributed by atoms with Gasteiger partial charge in [0, 0.05) is 18.8 Å². The van der Waals surface area contributed by atoms with Crippen LogP contribution in [-0.2, 0) is 7.05 Å². The minimum Gasteiger partial charge on any atom is -0.477 e. The third-order valence-electron chi connectivity index (χ3n) is 2.56. The van der Waals surface area contributed by atoms with Crippen LogP contribution in [0.15, 0.2) is 24.4 Å². The van der Waals surface area contributed by atoms with Crippen molar-refractivity contribution in [3.8, 4) is 0 Å². The number of carbonyl (C=O) groups is 2. The van der Waals surface area contributed by atoms with Gasteiger partial charge in [-0.25, -0.2) is 13.6 Å². The number of aryl methyl sites for hydroxylation is 1. The Morgan fingerprint density at radius 2 is 2.00 bits per heavy atom. The third kappa shape index (κ3) is 2.48. The molecule has 0 atom stereocenters. The minimum atomic E-state index is -1.32. The van der Waals surface area contributed by atoms with E-state index in [9.17, 15) is 18.4 Å². The van der Waals surface area contributed by atoms with Gasteiger partial charge >= 0.3 is 5.97 Å². The van der Waals surface area contributed by atoms with Gasteiger partial charge < -0.3 is 10.4 Å². The summed E-state index contributed by atoms with van der Waals surface area (Å²) in [6.07, 6.45) is 1.08. The number of carboxylic acid groups (broad SMARTS) is 1. The summed E-state index contributed by atoms with van der Waals surface area (Å²) < 4.78 is 26.8. The molecule has 104 valence electrons. The van der Waals surface area contributed by atoms with Crippen LogP contribution >= 0.6 is 0 Å². The lowest BCUT2D eigenvalue weighted by Gasteiger charge is -2.05. The summed E-state index contributed by atoms with van der Waals surface area (Å²) in [7, 11) is 1.37. The Morgan fingerprint density at radius 1 is 1.30 bits per heavy atom. The third-order valence-corrected chi connectivity index (χ3v) is 2.56. The van der Waals surface area contributed by atoms with E-state index in [1.54, 1.807) is 0 Å². The fourth-order valence-electron chi connectivity index (χ4n) is 1.63. The number of aromatic carboxylic acids is 1. The van der Waals surface area contributed by atoms with Crippen LogP contribution in [0.1, 0.15) is 20.8 Å². The second kappa shape index (κ2) is 5.08. The first-order valence-electron chi connectivity index (χ1n) is 5.42. The molecule has 0 bridgehead atoms. The highest BCUT2D eigenvalue weighted by Crippen LogP contribution is 2.15. The highest BCUT2D eigenvalue weighted by atomic mass is 19.2. The molecule has 2 aromatic rings. The number of anilines is 1. The second-order valence-corrected chi connectivity index (χ2v) is 3.92. The summed E-state index contributed by atoms with van der Waals surface area (Å²) in [5.41, 5.74) is -0.469. The standard InChI is InChI=1S/C12H9F2N3O3/c1-17-10(12(19)20)7(5-15-17)11(18)16-6-2-3-8(13)9(14)4-6/h2-5H,1H3,(H,16,18)(H,19,20). The normalized spacial score (nSPS) is 10.3. The van der Waals surface area contributed by atoms with Crippen molar-refractivity contribution in [3.63, 3.8) is 0 Å². The molecule has 1 heterocycles. The average Bonchev–Trinajstić information content (AvgIpc) is 2.76. The lowest BCUT2D eigenvalue weighted by Crippen LogP contribution is -2.17. The van der Waals surface area contributed by atoms with Crippen LogP contribution in [0.2, 0.25) is 0 Å². The molecule has 0 spiro atoms. The van der Waals surface area contributed by atoms with Crippen molar-refractivity contribution in [1.29, 1.82) is 0 Å².